The van der Waals surface area contributed by atoms with Crippen LogP contribution in [0, 0.1) is 0 Å². The summed E-state index contributed by atoms with van der Waals surface area (Å²) < 4.78 is 6.65. The highest BCUT2D eigenvalue weighted by Crippen LogP contribution is 2.25. The van der Waals surface area contributed by atoms with Gasteiger partial charge in [0.15, 0.2) is 0 Å². The second-order valence-electron chi connectivity index (χ2n) is 3.94. The Bertz CT molecular complexity index is 315. The molecule has 0 aliphatic carbocycles. The molecule has 1 rings (SSSR count). The summed E-state index contributed by atoms with van der Waals surface area (Å²) >= 11 is 3.40. The number of rotatable bonds is 7. The molecular formula is C13H20BrNO. The van der Waals surface area contributed by atoms with E-state index >= 15 is 0 Å². The number of benzene rings is 1. The summed E-state index contributed by atoms with van der Waals surface area (Å²) in [5.74, 6) is 0.782. The Balaban J connectivity index is 2.23. The van der Waals surface area contributed by atoms with Crippen LogP contribution in [0.5, 0.6) is 5.75 Å². The molecule has 0 aromatic heterocycles. The Morgan fingerprint density at radius 1 is 1.19 bits per heavy atom. The van der Waals surface area contributed by atoms with Gasteiger partial charge in [-0.25, -0.2) is 0 Å². The predicted octanol–water partition coefficient (Wildman–Crippen LogP) is 4.38. The number of nitrogens with two attached hydrogens (primary N) is 1. The van der Waals surface area contributed by atoms with E-state index in [0.717, 1.165) is 23.2 Å². The smallest absolute Gasteiger partial charge is 0.143 e. The van der Waals surface area contributed by atoms with Gasteiger partial charge >= 0.3 is 0 Å². The van der Waals surface area contributed by atoms with E-state index in [2.05, 4.69) is 22.9 Å². The minimum absolute atomic E-state index is 0.705. The van der Waals surface area contributed by atoms with Gasteiger partial charge in [0.05, 0.1) is 12.3 Å². The van der Waals surface area contributed by atoms with Gasteiger partial charge < -0.3 is 10.5 Å². The third-order valence-electron chi connectivity index (χ3n) is 2.48. The fraction of sp³-hybridized carbons (Fsp3) is 0.538. The lowest BCUT2D eigenvalue weighted by Gasteiger charge is -2.09. The Hall–Kier alpha value is -0.700. The van der Waals surface area contributed by atoms with Crippen molar-refractivity contribution in [1.82, 2.24) is 0 Å². The van der Waals surface area contributed by atoms with E-state index in [1.807, 2.05) is 18.2 Å². The fourth-order valence-corrected chi connectivity index (χ4v) is 1.86. The van der Waals surface area contributed by atoms with Crippen molar-refractivity contribution in [2.45, 2.75) is 39.0 Å². The Morgan fingerprint density at radius 2 is 1.94 bits per heavy atom. The number of hydrogen-bond donors (Lipinski definition) is 1. The first-order chi connectivity index (χ1) is 7.74. The number of halogens is 1. The minimum Gasteiger partial charge on any atom is -0.491 e. The van der Waals surface area contributed by atoms with Crippen LogP contribution in [0.1, 0.15) is 39.0 Å². The summed E-state index contributed by atoms with van der Waals surface area (Å²) in [4.78, 5) is 0. The van der Waals surface area contributed by atoms with E-state index in [9.17, 15) is 0 Å². The summed E-state index contributed by atoms with van der Waals surface area (Å²) in [6, 6.07) is 5.70. The van der Waals surface area contributed by atoms with Crippen LogP contribution in [0.25, 0.3) is 0 Å². The van der Waals surface area contributed by atoms with E-state index in [0.29, 0.717) is 5.69 Å². The van der Waals surface area contributed by atoms with Crippen LogP contribution in [0.15, 0.2) is 22.7 Å². The zero-order valence-corrected chi connectivity index (χ0v) is 11.4. The molecule has 0 fully saturated rings. The van der Waals surface area contributed by atoms with E-state index in [4.69, 9.17) is 10.5 Å². The molecule has 0 aliphatic heterocycles. The summed E-state index contributed by atoms with van der Waals surface area (Å²) in [5.41, 5.74) is 6.51. The molecule has 0 atom stereocenters. The molecule has 0 spiro atoms. The van der Waals surface area contributed by atoms with E-state index in [1.165, 1.54) is 25.7 Å². The molecule has 2 nitrogen and oxygen atoms in total. The van der Waals surface area contributed by atoms with Crippen LogP contribution < -0.4 is 10.5 Å². The molecule has 0 bridgehead atoms. The topological polar surface area (TPSA) is 35.2 Å². The molecule has 0 saturated heterocycles. The molecule has 0 unspecified atom stereocenters. The zero-order chi connectivity index (χ0) is 11.8. The molecule has 1 aromatic carbocycles. The van der Waals surface area contributed by atoms with Crippen molar-refractivity contribution in [3.8, 4) is 5.75 Å². The highest BCUT2D eigenvalue weighted by molar-refractivity contribution is 9.10. The number of unbranched alkanes of at least 4 members (excludes halogenated alkanes) is 4. The van der Waals surface area contributed by atoms with Crippen LogP contribution in [0.4, 0.5) is 5.69 Å². The second-order valence-corrected chi connectivity index (χ2v) is 4.86. The van der Waals surface area contributed by atoms with E-state index in [1.54, 1.807) is 0 Å². The fourth-order valence-electron chi connectivity index (χ4n) is 1.52. The third-order valence-corrected chi connectivity index (χ3v) is 2.97. The van der Waals surface area contributed by atoms with Crippen molar-refractivity contribution in [3.05, 3.63) is 22.7 Å². The van der Waals surface area contributed by atoms with Crippen molar-refractivity contribution < 1.29 is 4.74 Å². The Kier molecular flexibility index (Phi) is 6.31. The van der Waals surface area contributed by atoms with Crippen LogP contribution in [0.2, 0.25) is 0 Å². The predicted molar refractivity (Wildman–Crippen MR) is 72.8 cm³/mol. The van der Waals surface area contributed by atoms with Crippen molar-refractivity contribution in [2.24, 2.45) is 0 Å². The lowest BCUT2D eigenvalue weighted by atomic mass is 10.2. The summed E-state index contributed by atoms with van der Waals surface area (Å²) in [6.45, 7) is 2.98. The summed E-state index contributed by atoms with van der Waals surface area (Å²) in [7, 11) is 0. The molecule has 0 radical (unpaired) electrons. The SMILES string of the molecule is CCCCCCCOc1cc(Br)ccc1N. The largest absolute Gasteiger partial charge is 0.491 e. The minimum atomic E-state index is 0.705. The first-order valence-corrected chi connectivity index (χ1v) is 6.71. The van der Waals surface area contributed by atoms with Crippen molar-refractivity contribution in [2.75, 3.05) is 12.3 Å². The van der Waals surface area contributed by atoms with Gasteiger partial charge in [-0.15, -0.1) is 0 Å². The lowest BCUT2D eigenvalue weighted by molar-refractivity contribution is 0.306. The lowest BCUT2D eigenvalue weighted by Crippen LogP contribution is -2.00. The standard InChI is InChI=1S/C13H20BrNO/c1-2-3-4-5-6-9-16-13-10-11(14)7-8-12(13)15/h7-8,10H,2-6,9,15H2,1H3. The molecule has 0 aliphatic rings. The molecule has 2 N–H and O–H groups in total. The van der Waals surface area contributed by atoms with Crippen LogP contribution in [0.3, 0.4) is 0 Å². The molecular weight excluding hydrogens is 266 g/mol. The Morgan fingerprint density at radius 3 is 2.69 bits per heavy atom. The first kappa shape index (κ1) is 13.4. The second kappa shape index (κ2) is 7.55. The van der Waals surface area contributed by atoms with Crippen LogP contribution in [-0.4, -0.2) is 6.61 Å². The summed E-state index contributed by atoms with van der Waals surface area (Å²) in [5, 5.41) is 0. The molecule has 3 heteroatoms. The molecule has 0 amide bonds. The van der Waals surface area contributed by atoms with Crippen molar-refractivity contribution in [3.63, 3.8) is 0 Å². The molecule has 16 heavy (non-hydrogen) atoms. The first-order valence-electron chi connectivity index (χ1n) is 5.92. The van der Waals surface area contributed by atoms with Gasteiger partial charge in [0.2, 0.25) is 0 Å². The third kappa shape index (κ3) is 4.88. The number of ether oxygens (including phenoxy) is 1. The molecule has 0 heterocycles. The zero-order valence-electron chi connectivity index (χ0n) is 9.84. The van der Waals surface area contributed by atoms with Crippen LogP contribution in [-0.2, 0) is 0 Å². The number of hydrogen-bond acceptors (Lipinski definition) is 2. The van der Waals surface area contributed by atoms with Crippen molar-refractivity contribution in [1.29, 1.82) is 0 Å². The van der Waals surface area contributed by atoms with Gasteiger partial charge in [0, 0.05) is 4.47 Å². The quantitative estimate of drug-likeness (QED) is 0.596. The molecule has 0 saturated carbocycles. The van der Waals surface area contributed by atoms with Gasteiger partial charge in [-0.2, -0.15) is 0 Å². The average molecular weight is 286 g/mol. The maximum absolute atomic E-state index is 5.81. The van der Waals surface area contributed by atoms with E-state index < -0.39 is 0 Å². The monoisotopic (exact) mass is 285 g/mol. The normalized spacial score (nSPS) is 10.4. The van der Waals surface area contributed by atoms with Gasteiger partial charge in [0.25, 0.3) is 0 Å². The number of nitrogen functional groups attached to an aromatic ring is 1. The maximum atomic E-state index is 5.81. The van der Waals surface area contributed by atoms with Gasteiger partial charge in [-0.1, -0.05) is 48.5 Å². The average Bonchev–Trinajstić information content (AvgIpc) is 2.28. The van der Waals surface area contributed by atoms with Gasteiger partial charge in [0.1, 0.15) is 5.75 Å². The van der Waals surface area contributed by atoms with Gasteiger partial charge in [-0.3, -0.25) is 0 Å². The summed E-state index contributed by atoms with van der Waals surface area (Å²) in [6.07, 6.45) is 6.24. The van der Waals surface area contributed by atoms with E-state index in [-0.39, 0.29) is 0 Å². The number of anilines is 1. The molecule has 1 aromatic rings. The van der Waals surface area contributed by atoms with Gasteiger partial charge in [-0.05, 0) is 24.6 Å². The highest BCUT2D eigenvalue weighted by atomic mass is 79.9. The van der Waals surface area contributed by atoms with Crippen LogP contribution >= 0.6 is 15.9 Å². The maximum Gasteiger partial charge on any atom is 0.143 e. The van der Waals surface area contributed by atoms with Crippen molar-refractivity contribution >= 4 is 21.6 Å². The highest BCUT2D eigenvalue weighted by Gasteiger charge is 2.00. The molecule has 90 valence electrons. The Labute approximate surface area is 106 Å².